The maximum atomic E-state index is 13.8. The van der Waals surface area contributed by atoms with Gasteiger partial charge in [-0.3, -0.25) is 14.4 Å². The highest BCUT2D eigenvalue weighted by molar-refractivity contribution is 6.01. The number of esters is 1. The average molecular weight is 697 g/mol. The maximum Gasteiger partial charge on any atom is 0.407 e. The Balaban J connectivity index is 1.25. The Bertz CT molecular complexity index is 1770. The molecule has 3 aromatic rings. The first kappa shape index (κ1) is 37.2. The molecule has 0 unspecified atom stereocenters. The van der Waals surface area contributed by atoms with E-state index < -0.39 is 23.6 Å². The van der Waals surface area contributed by atoms with Crippen molar-refractivity contribution in [2.75, 3.05) is 23.8 Å². The molecule has 3 N–H and O–H groups in total. The van der Waals surface area contributed by atoms with E-state index in [1.807, 2.05) is 64.1 Å². The largest absolute Gasteiger partial charge is 0.461 e. The second-order valence-electron chi connectivity index (χ2n) is 14.5. The molecule has 1 aliphatic carbocycles. The molecule has 1 aromatic heterocycles. The standard InChI is InChI=1S/C40H48N4O7/c1-6-50-38(48)33-18-17-32(24(2)42-33)27-11-7-25(8-12-27)19-30(37(47)43-31-16-15-29-21-36(46)44-34(29)22-31)20-35(45)28-13-9-26(10-14-28)23-41-39(49)51-40(3,4)5/h7-8,11-12,15-18,22,26,28,30H,6,9-10,13-14,19-21,23H2,1-5H3,(H,41,49)(H,43,47)(H,44,46)/t26?,28?,30-/m1/s1. The van der Waals surface area contributed by atoms with Crippen LogP contribution >= 0.6 is 0 Å². The number of nitrogens with zero attached hydrogens (tertiary/aromatic N) is 1. The number of aryl methyl sites for hydroxylation is 1. The summed E-state index contributed by atoms with van der Waals surface area (Å²) in [6, 6.07) is 16.7. The van der Waals surface area contributed by atoms with Crippen LogP contribution in [-0.4, -0.2) is 53.4 Å². The van der Waals surface area contributed by atoms with Gasteiger partial charge in [-0.25, -0.2) is 14.6 Å². The summed E-state index contributed by atoms with van der Waals surface area (Å²) >= 11 is 0. The van der Waals surface area contributed by atoms with Crippen LogP contribution in [0.25, 0.3) is 11.1 Å². The maximum absolute atomic E-state index is 13.8. The summed E-state index contributed by atoms with van der Waals surface area (Å²) in [5.74, 6) is -1.25. The number of carbonyl (C=O) groups is 5. The zero-order valence-electron chi connectivity index (χ0n) is 30.1. The number of anilines is 2. The first-order valence-electron chi connectivity index (χ1n) is 17.7. The SMILES string of the molecule is CCOC(=O)c1ccc(-c2ccc(C[C@H](CC(=O)C3CCC(CNC(=O)OC(C)(C)C)CC3)C(=O)Nc3ccc4c(c3)NC(=O)C4)cc2)c(C)n1. The van der Waals surface area contributed by atoms with E-state index in [9.17, 15) is 24.0 Å². The molecule has 11 nitrogen and oxygen atoms in total. The van der Waals surface area contributed by atoms with Crippen LogP contribution in [0.1, 0.15) is 87.1 Å². The number of fused-ring (bicyclic) bond motifs is 1. The zero-order chi connectivity index (χ0) is 36.7. The Labute approximate surface area is 299 Å². The summed E-state index contributed by atoms with van der Waals surface area (Å²) in [5.41, 5.74) is 5.18. The Morgan fingerprint density at radius 1 is 0.980 bits per heavy atom. The molecule has 0 bridgehead atoms. The number of nitrogens with one attached hydrogen (secondary N) is 3. The van der Waals surface area contributed by atoms with E-state index in [-0.39, 0.29) is 48.2 Å². The van der Waals surface area contributed by atoms with Gasteiger partial charge in [0.25, 0.3) is 0 Å². The van der Waals surface area contributed by atoms with E-state index >= 15 is 0 Å². The monoisotopic (exact) mass is 696 g/mol. The molecule has 2 aliphatic rings. The lowest BCUT2D eigenvalue weighted by atomic mass is 9.77. The fraction of sp³-hybridized carbons (Fsp3) is 0.450. The third-order valence-corrected chi connectivity index (χ3v) is 9.37. The van der Waals surface area contributed by atoms with Crippen molar-refractivity contribution >= 4 is 41.0 Å². The smallest absolute Gasteiger partial charge is 0.407 e. The van der Waals surface area contributed by atoms with Gasteiger partial charge in [0, 0.05) is 47.4 Å². The van der Waals surface area contributed by atoms with Crippen molar-refractivity contribution in [3.05, 3.63) is 77.1 Å². The fourth-order valence-electron chi connectivity index (χ4n) is 6.72. The fourth-order valence-corrected chi connectivity index (χ4v) is 6.72. The number of alkyl carbamates (subject to hydrolysis) is 1. The highest BCUT2D eigenvalue weighted by Crippen LogP contribution is 2.32. The molecule has 0 spiro atoms. The number of rotatable bonds is 12. The predicted octanol–water partition coefficient (Wildman–Crippen LogP) is 6.82. The number of benzene rings is 2. The van der Waals surface area contributed by atoms with Gasteiger partial charge in [0.2, 0.25) is 11.8 Å². The summed E-state index contributed by atoms with van der Waals surface area (Å²) in [5, 5.41) is 8.66. The normalized spacial score (nSPS) is 17.5. The van der Waals surface area contributed by atoms with Gasteiger partial charge in [0.15, 0.2) is 0 Å². The molecule has 1 saturated carbocycles. The van der Waals surface area contributed by atoms with Crippen LogP contribution in [-0.2, 0) is 36.7 Å². The quantitative estimate of drug-likeness (QED) is 0.175. The first-order chi connectivity index (χ1) is 24.3. The topological polar surface area (TPSA) is 153 Å². The minimum Gasteiger partial charge on any atom is -0.461 e. The second kappa shape index (κ2) is 16.3. The van der Waals surface area contributed by atoms with Crippen LogP contribution in [0, 0.1) is 24.7 Å². The molecule has 51 heavy (non-hydrogen) atoms. The lowest BCUT2D eigenvalue weighted by molar-refractivity contribution is -0.129. The van der Waals surface area contributed by atoms with Crippen molar-refractivity contribution in [1.82, 2.24) is 10.3 Å². The summed E-state index contributed by atoms with van der Waals surface area (Å²) in [7, 11) is 0. The zero-order valence-corrected chi connectivity index (χ0v) is 30.1. The lowest BCUT2D eigenvalue weighted by Crippen LogP contribution is -2.37. The summed E-state index contributed by atoms with van der Waals surface area (Å²) in [6.45, 7) is 9.84. The number of aromatic nitrogens is 1. The van der Waals surface area contributed by atoms with E-state index in [0.29, 0.717) is 49.3 Å². The van der Waals surface area contributed by atoms with Crippen LogP contribution in [0.3, 0.4) is 0 Å². The van der Waals surface area contributed by atoms with Crippen LogP contribution < -0.4 is 16.0 Å². The molecular formula is C40H48N4O7. The van der Waals surface area contributed by atoms with Crippen LogP contribution in [0.15, 0.2) is 54.6 Å². The van der Waals surface area contributed by atoms with Crippen molar-refractivity contribution in [3.8, 4) is 11.1 Å². The Kier molecular flexibility index (Phi) is 11.9. The minimum absolute atomic E-state index is 0.0647. The average Bonchev–Trinajstić information content (AvgIpc) is 3.46. The molecule has 11 heteroatoms. The van der Waals surface area contributed by atoms with E-state index in [4.69, 9.17) is 9.47 Å². The third kappa shape index (κ3) is 10.2. The Morgan fingerprint density at radius 3 is 2.37 bits per heavy atom. The number of ketones is 1. The molecular weight excluding hydrogens is 648 g/mol. The molecule has 2 heterocycles. The van der Waals surface area contributed by atoms with Gasteiger partial charge in [0.1, 0.15) is 17.1 Å². The first-order valence-corrected chi connectivity index (χ1v) is 17.7. The molecule has 0 radical (unpaired) electrons. The molecule has 270 valence electrons. The lowest BCUT2D eigenvalue weighted by Gasteiger charge is -2.29. The van der Waals surface area contributed by atoms with Crippen LogP contribution in [0.2, 0.25) is 0 Å². The minimum atomic E-state index is -0.620. The summed E-state index contributed by atoms with van der Waals surface area (Å²) in [4.78, 5) is 68.1. The van der Waals surface area contributed by atoms with Gasteiger partial charge in [-0.05, 0) is 108 Å². The molecule has 1 aliphatic heterocycles. The number of carbonyl (C=O) groups excluding carboxylic acids is 5. The highest BCUT2D eigenvalue weighted by Gasteiger charge is 2.31. The second-order valence-corrected chi connectivity index (χ2v) is 14.5. The van der Waals surface area contributed by atoms with Gasteiger partial charge in [0.05, 0.1) is 13.0 Å². The molecule has 5 rings (SSSR count). The van der Waals surface area contributed by atoms with Crippen LogP contribution in [0.4, 0.5) is 16.2 Å². The van der Waals surface area contributed by atoms with E-state index in [1.165, 1.54) is 0 Å². The molecule has 3 amide bonds. The van der Waals surface area contributed by atoms with Crippen LogP contribution in [0.5, 0.6) is 0 Å². The summed E-state index contributed by atoms with van der Waals surface area (Å²) < 4.78 is 10.4. The number of Topliss-reactive ketones (excluding diaryl/α,β-unsaturated/α-hetero) is 1. The number of hydrogen-bond donors (Lipinski definition) is 3. The predicted molar refractivity (Wildman–Crippen MR) is 194 cm³/mol. The van der Waals surface area contributed by atoms with Crippen molar-refractivity contribution in [2.45, 2.75) is 85.2 Å². The highest BCUT2D eigenvalue weighted by atomic mass is 16.6. The molecule has 0 saturated heterocycles. The van der Waals surface area contributed by atoms with Crippen molar-refractivity contribution in [3.63, 3.8) is 0 Å². The molecule has 2 aromatic carbocycles. The Morgan fingerprint density at radius 2 is 1.71 bits per heavy atom. The molecule has 1 fully saturated rings. The van der Waals surface area contributed by atoms with Gasteiger partial charge in [-0.1, -0.05) is 36.4 Å². The number of hydrogen-bond acceptors (Lipinski definition) is 8. The summed E-state index contributed by atoms with van der Waals surface area (Å²) in [6.07, 6.45) is 3.34. The number of ether oxygens (including phenoxy) is 2. The van der Waals surface area contributed by atoms with Gasteiger partial charge in [-0.15, -0.1) is 0 Å². The van der Waals surface area contributed by atoms with Gasteiger partial charge < -0.3 is 25.4 Å². The van der Waals surface area contributed by atoms with Crippen molar-refractivity contribution in [1.29, 1.82) is 0 Å². The van der Waals surface area contributed by atoms with Gasteiger partial charge >= 0.3 is 12.1 Å². The number of pyridine rings is 1. The Hall–Kier alpha value is -5.06. The number of amides is 3. The van der Waals surface area contributed by atoms with Crippen molar-refractivity contribution in [2.24, 2.45) is 17.8 Å². The molecule has 1 atom stereocenters. The van der Waals surface area contributed by atoms with Crippen molar-refractivity contribution < 1.29 is 33.4 Å². The third-order valence-electron chi connectivity index (χ3n) is 9.37. The van der Waals surface area contributed by atoms with Gasteiger partial charge in [-0.2, -0.15) is 0 Å². The van der Waals surface area contributed by atoms with E-state index in [2.05, 4.69) is 20.9 Å². The van der Waals surface area contributed by atoms with E-state index in [1.54, 1.807) is 25.1 Å². The van der Waals surface area contributed by atoms with E-state index in [0.717, 1.165) is 35.1 Å².